The maximum Gasteiger partial charge on any atom is 0.327 e. The number of hydrogen-bond donors (Lipinski definition) is 1. The SMILES string of the molecule is Cc1ccc(N2CCCN3C4C(=O)N(CC(C)C)C(=O)N(C)C4NC23)c(C)c1. The third-order valence-electron chi connectivity index (χ3n) is 6.08. The molecule has 0 radical (unpaired) electrons. The van der Waals surface area contributed by atoms with E-state index in [1.54, 1.807) is 11.9 Å². The number of aryl methyl sites for hydroxylation is 2. The predicted molar refractivity (Wildman–Crippen MR) is 109 cm³/mol. The number of benzene rings is 1. The summed E-state index contributed by atoms with van der Waals surface area (Å²) in [5.41, 5.74) is 3.66. The van der Waals surface area contributed by atoms with Crippen molar-refractivity contribution in [2.45, 2.75) is 52.6 Å². The lowest BCUT2D eigenvalue weighted by atomic mass is 10.1. The van der Waals surface area contributed by atoms with Crippen LogP contribution in [0, 0.1) is 19.8 Å². The number of nitrogens with zero attached hydrogens (tertiary/aromatic N) is 4. The van der Waals surface area contributed by atoms with E-state index >= 15 is 0 Å². The monoisotopic (exact) mass is 385 g/mol. The van der Waals surface area contributed by atoms with Crippen LogP contribution in [0.5, 0.6) is 0 Å². The smallest absolute Gasteiger partial charge is 0.327 e. The number of likely N-dealkylation sites (N-methyl/N-ethyl adjacent to an activating group) is 1. The molecular weight excluding hydrogens is 354 g/mol. The second-order valence-electron chi connectivity index (χ2n) is 8.74. The maximum absolute atomic E-state index is 13.3. The van der Waals surface area contributed by atoms with Gasteiger partial charge in [0, 0.05) is 32.4 Å². The van der Waals surface area contributed by atoms with Crippen LogP contribution in [0.1, 0.15) is 31.4 Å². The van der Waals surface area contributed by atoms with E-state index < -0.39 is 0 Å². The van der Waals surface area contributed by atoms with Crippen LogP contribution in [-0.4, -0.2) is 71.8 Å². The molecule has 3 unspecified atom stereocenters. The van der Waals surface area contributed by atoms with Crippen LogP contribution in [0.3, 0.4) is 0 Å². The van der Waals surface area contributed by atoms with E-state index in [9.17, 15) is 9.59 Å². The summed E-state index contributed by atoms with van der Waals surface area (Å²) in [4.78, 5) is 33.8. The topological polar surface area (TPSA) is 59.1 Å². The molecule has 152 valence electrons. The number of nitrogens with one attached hydrogen (secondary N) is 1. The first kappa shape index (κ1) is 19.2. The van der Waals surface area contributed by atoms with Gasteiger partial charge in [0.05, 0.1) is 0 Å². The molecule has 0 spiro atoms. The summed E-state index contributed by atoms with van der Waals surface area (Å²) in [6.07, 6.45) is 0.618. The van der Waals surface area contributed by atoms with Gasteiger partial charge in [0.1, 0.15) is 18.5 Å². The van der Waals surface area contributed by atoms with Gasteiger partial charge in [-0.15, -0.1) is 0 Å². The van der Waals surface area contributed by atoms with Crippen LogP contribution in [0.15, 0.2) is 18.2 Å². The molecule has 0 aliphatic carbocycles. The number of hydrogen-bond acceptors (Lipinski definition) is 5. The summed E-state index contributed by atoms with van der Waals surface area (Å²) in [5, 5.41) is 3.58. The number of imide groups is 1. The number of anilines is 1. The molecule has 3 saturated heterocycles. The Kier molecular flexibility index (Phi) is 4.83. The van der Waals surface area contributed by atoms with Gasteiger partial charge in [0.25, 0.3) is 5.91 Å². The lowest BCUT2D eigenvalue weighted by molar-refractivity contribution is -0.139. The fourth-order valence-corrected chi connectivity index (χ4v) is 4.83. The van der Waals surface area contributed by atoms with Gasteiger partial charge in [-0.25, -0.2) is 4.79 Å². The second kappa shape index (κ2) is 7.04. The third-order valence-corrected chi connectivity index (χ3v) is 6.08. The molecule has 3 amide bonds. The number of urea groups is 1. The molecule has 4 rings (SSSR count). The zero-order chi connectivity index (χ0) is 20.2. The van der Waals surface area contributed by atoms with Crippen LogP contribution in [0.4, 0.5) is 10.5 Å². The molecule has 1 aromatic rings. The minimum absolute atomic E-state index is 0.0701. The molecule has 0 bridgehead atoms. The summed E-state index contributed by atoms with van der Waals surface area (Å²) in [7, 11) is 1.80. The third kappa shape index (κ3) is 2.97. The summed E-state index contributed by atoms with van der Waals surface area (Å²) in [5.74, 6) is 0.176. The minimum Gasteiger partial charge on any atom is -0.343 e. The van der Waals surface area contributed by atoms with Gasteiger partial charge in [-0.05, 0) is 37.8 Å². The van der Waals surface area contributed by atoms with E-state index in [4.69, 9.17) is 0 Å². The van der Waals surface area contributed by atoms with Crippen molar-refractivity contribution in [3.63, 3.8) is 0 Å². The molecule has 1 N–H and O–H groups in total. The molecule has 3 heterocycles. The van der Waals surface area contributed by atoms with Crippen molar-refractivity contribution in [1.82, 2.24) is 20.0 Å². The normalized spacial score (nSPS) is 28.2. The Morgan fingerprint density at radius 1 is 1.18 bits per heavy atom. The number of carbonyl (C=O) groups excluding carboxylic acids is 2. The van der Waals surface area contributed by atoms with Crippen molar-refractivity contribution in [2.24, 2.45) is 5.92 Å². The lowest BCUT2D eigenvalue weighted by Crippen LogP contribution is -2.66. The Morgan fingerprint density at radius 2 is 1.93 bits per heavy atom. The zero-order valence-electron chi connectivity index (χ0n) is 17.5. The minimum atomic E-state index is -0.333. The van der Waals surface area contributed by atoms with E-state index in [0.29, 0.717) is 6.54 Å². The highest BCUT2D eigenvalue weighted by Gasteiger charge is 2.56. The standard InChI is InChI=1S/C21H31N5O2/c1-13(2)12-26-19(27)17-18(23(5)21(26)28)22-20-24(9-6-10-25(17)20)16-8-7-14(3)11-15(16)4/h7-8,11,13,17-18,20,22H,6,9-10,12H2,1-5H3. The molecule has 0 aromatic heterocycles. The Bertz CT molecular complexity index is 795. The van der Waals surface area contributed by atoms with E-state index in [1.165, 1.54) is 21.7 Å². The highest BCUT2D eigenvalue weighted by Crippen LogP contribution is 2.34. The quantitative estimate of drug-likeness (QED) is 0.862. The molecule has 0 saturated carbocycles. The average molecular weight is 386 g/mol. The van der Waals surface area contributed by atoms with Crippen molar-refractivity contribution in [3.05, 3.63) is 29.3 Å². The highest BCUT2D eigenvalue weighted by molar-refractivity contribution is 6.00. The van der Waals surface area contributed by atoms with Crippen LogP contribution >= 0.6 is 0 Å². The molecule has 1 aromatic carbocycles. The van der Waals surface area contributed by atoms with E-state index in [-0.39, 0.29) is 36.4 Å². The first-order valence-corrected chi connectivity index (χ1v) is 10.2. The number of carbonyl (C=O) groups is 2. The molecule has 3 aliphatic heterocycles. The zero-order valence-corrected chi connectivity index (χ0v) is 17.5. The molecule has 7 heteroatoms. The van der Waals surface area contributed by atoms with Gasteiger partial charge in [0.2, 0.25) is 0 Å². The van der Waals surface area contributed by atoms with Crippen LogP contribution in [0.2, 0.25) is 0 Å². The molecule has 3 aliphatic rings. The van der Waals surface area contributed by atoms with Crippen molar-refractivity contribution in [1.29, 1.82) is 0 Å². The molecule has 7 nitrogen and oxygen atoms in total. The Hall–Kier alpha value is -2.12. The second-order valence-corrected chi connectivity index (χ2v) is 8.74. The maximum atomic E-state index is 13.3. The van der Waals surface area contributed by atoms with Gasteiger partial charge in [0.15, 0.2) is 0 Å². The largest absolute Gasteiger partial charge is 0.343 e. The molecular formula is C21H31N5O2. The first-order valence-electron chi connectivity index (χ1n) is 10.2. The van der Waals surface area contributed by atoms with Crippen LogP contribution in [0.25, 0.3) is 0 Å². The van der Waals surface area contributed by atoms with Crippen molar-refractivity contribution in [2.75, 3.05) is 31.6 Å². The van der Waals surface area contributed by atoms with Gasteiger partial charge in [-0.2, -0.15) is 0 Å². The summed E-state index contributed by atoms with van der Waals surface area (Å²) < 4.78 is 0. The van der Waals surface area contributed by atoms with Crippen LogP contribution in [-0.2, 0) is 4.79 Å². The molecule has 3 fully saturated rings. The van der Waals surface area contributed by atoms with Gasteiger partial charge >= 0.3 is 6.03 Å². The highest BCUT2D eigenvalue weighted by atomic mass is 16.2. The number of fused-ring (bicyclic) bond motifs is 3. The van der Waals surface area contributed by atoms with E-state index in [2.05, 4.69) is 47.2 Å². The van der Waals surface area contributed by atoms with Gasteiger partial charge in [-0.1, -0.05) is 31.5 Å². The van der Waals surface area contributed by atoms with E-state index in [0.717, 1.165) is 19.5 Å². The van der Waals surface area contributed by atoms with Crippen molar-refractivity contribution < 1.29 is 9.59 Å². The molecule has 3 atom stereocenters. The fraction of sp³-hybridized carbons (Fsp3) is 0.619. The predicted octanol–water partition coefficient (Wildman–Crippen LogP) is 1.95. The molecule has 28 heavy (non-hydrogen) atoms. The summed E-state index contributed by atoms with van der Waals surface area (Å²) >= 11 is 0. The number of rotatable bonds is 3. The first-order chi connectivity index (χ1) is 13.3. The van der Waals surface area contributed by atoms with Crippen molar-refractivity contribution in [3.8, 4) is 0 Å². The van der Waals surface area contributed by atoms with Crippen molar-refractivity contribution >= 4 is 17.6 Å². The number of amides is 3. The van der Waals surface area contributed by atoms with Crippen LogP contribution < -0.4 is 10.2 Å². The summed E-state index contributed by atoms with van der Waals surface area (Å²) in [6, 6.07) is 5.96. The Morgan fingerprint density at radius 3 is 2.61 bits per heavy atom. The Balaban J connectivity index is 1.66. The van der Waals surface area contributed by atoms with Gasteiger partial charge < -0.3 is 9.80 Å². The lowest BCUT2D eigenvalue weighted by Gasteiger charge is -2.44. The Labute approximate surface area is 167 Å². The summed E-state index contributed by atoms with van der Waals surface area (Å²) in [6.45, 7) is 10.5. The average Bonchev–Trinajstić information content (AvgIpc) is 3.03. The van der Waals surface area contributed by atoms with Gasteiger partial charge in [-0.3, -0.25) is 19.9 Å². The van der Waals surface area contributed by atoms with E-state index in [1.807, 2.05) is 13.8 Å². The fourth-order valence-electron chi connectivity index (χ4n) is 4.83.